The highest BCUT2D eigenvalue weighted by Crippen LogP contribution is 2.25. The van der Waals surface area contributed by atoms with Gasteiger partial charge in [0.2, 0.25) is 0 Å². The first-order valence-corrected chi connectivity index (χ1v) is 7.24. The fourth-order valence-corrected chi connectivity index (χ4v) is 1.67. The van der Waals surface area contributed by atoms with E-state index in [4.69, 9.17) is 11.6 Å². The lowest BCUT2D eigenvalue weighted by Crippen LogP contribution is -2.37. The fourth-order valence-electron chi connectivity index (χ4n) is 1.51. The van der Waals surface area contributed by atoms with E-state index in [1.807, 2.05) is 27.7 Å². The van der Waals surface area contributed by atoms with Gasteiger partial charge >= 0.3 is 6.03 Å². The molecule has 1 heterocycles. The molecule has 21 heavy (non-hydrogen) atoms. The Morgan fingerprint density at radius 1 is 1.24 bits per heavy atom. The van der Waals surface area contributed by atoms with Gasteiger partial charge in [-0.25, -0.2) is 14.8 Å². The number of carbonyl (C=O) groups excluding carboxylic acids is 1. The first-order chi connectivity index (χ1) is 9.62. The average molecular weight is 314 g/mol. The molecule has 7 heteroatoms. The molecule has 0 aliphatic heterocycles. The third kappa shape index (κ3) is 5.04. The maximum absolute atomic E-state index is 11.4. The first kappa shape index (κ1) is 17.5. The van der Waals surface area contributed by atoms with E-state index in [1.54, 1.807) is 14.1 Å². The number of nitrogens with zero attached hydrogens (tertiary/aromatic N) is 3. The molecule has 0 unspecified atom stereocenters. The van der Waals surface area contributed by atoms with Crippen molar-refractivity contribution in [1.82, 2.24) is 20.2 Å². The highest BCUT2D eigenvalue weighted by molar-refractivity contribution is 6.30. The van der Waals surface area contributed by atoms with Crippen molar-refractivity contribution in [2.75, 3.05) is 32.5 Å². The van der Waals surface area contributed by atoms with Gasteiger partial charge in [-0.05, 0) is 6.92 Å². The highest BCUT2D eigenvalue weighted by Gasteiger charge is 2.20. The lowest BCUT2D eigenvalue weighted by atomic mass is 9.95. The molecule has 0 aliphatic carbocycles. The Morgan fingerprint density at radius 3 is 2.38 bits per heavy atom. The van der Waals surface area contributed by atoms with Crippen molar-refractivity contribution in [2.24, 2.45) is 0 Å². The number of rotatable bonds is 4. The highest BCUT2D eigenvalue weighted by atomic mass is 35.5. The normalized spacial score (nSPS) is 11.2. The number of anilines is 1. The number of aromatic nitrogens is 2. The molecule has 2 amide bonds. The maximum Gasteiger partial charge on any atom is 0.316 e. The second-order valence-electron chi connectivity index (χ2n) is 6.11. The summed E-state index contributed by atoms with van der Waals surface area (Å²) in [6, 6.07) is -0.121. The van der Waals surface area contributed by atoms with Crippen molar-refractivity contribution in [3.63, 3.8) is 0 Å². The molecule has 0 spiro atoms. The van der Waals surface area contributed by atoms with E-state index in [2.05, 4.69) is 20.6 Å². The van der Waals surface area contributed by atoms with Crippen molar-refractivity contribution >= 4 is 23.4 Å². The Hall–Kier alpha value is -1.56. The van der Waals surface area contributed by atoms with Crippen LogP contribution in [0, 0.1) is 6.92 Å². The van der Waals surface area contributed by atoms with Crippen LogP contribution in [0.1, 0.15) is 32.2 Å². The Labute approximate surface area is 131 Å². The van der Waals surface area contributed by atoms with Crippen LogP contribution >= 0.6 is 11.6 Å². The number of halogens is 1. The van der Waals surface area contributed by atoms with Crippen molar-refractivity contribution in [2.45, 2.75) is 33.1 Å². The van der Waals surface area contributed by atoms with Gasteiger partial charge in [0, 0.05) is 38.2 Å². The monoisotopic (exact) mass is 313 g/mol. The van der Waals surface area contributed by atoms with E-state index in [0.29, 0.717) is 29.9 Å². The molecule has 0 atom stereocenters. The van der Waals surface area contributed by atoms with Gasteiger partial charge in [0.05, 0.1) is 0 Å². The molecule has 0 aromatic carbocycles. The molecule has 0 aliphatic rings. The van der Waals surface area contributed by atoms with Crippen LogP contribution in [0.15, 0.2) is 0 Å². The topological polar surface area (TPSA) is 70.1 Å². The van der Waals surface area contributed by atoms with Gasteiger partial charge in [-0.15, -0.1) is 0 Å². The van der Waals surface area contributed by atoms with Crippen molar-refractivity contribution < 1.29 is 4.79 Å². The van der Waals surface area contributed by atoms with Crippen molar-refractivity contribution in [1.29, 1.82) is 0 Å². The predicted octanol–water partition coefficient (Wildman–Crippen LogP) is 2.42. The van der Waals surface area contributed by atoms with Crippen LogP contribution in [0.2, 0.25) is 5.15 Å². The Bertz CT molecular complexity index is 511. The van der Waals surface area contributed by atoms with Crippen molar-refractivity contribution in [3.05, 3.63) is 16.5 Å². The van der Waals surface area contributed by atoms with Gasteiger partial charge in [0.25, 0.3) is 0 Å². The zero-order valence-corrected chi connectivity index (χ0v) is 14.3. The molecule has 6 nitrogen and oxygen atoms in total. The van der Waals surface area contributed by atoms with Gasteiger partial charge in [0.1, 0.15) is 16.8 Å². The van der Waals surface area contributed by atoms with Crippen LogP contribution in [-0.4, -0.2) is 48.1 Å². The molecular formula is C14H24ClN5O. The van der Waals surface area contributed by atoms with Crippen LogP contribution < -0.4 is 10.6 Å². The van der Waals surface area contributed by atoms with Crippen LogP contribution in [0.3, 0.4) is 0 Å². The zero-order valence-electron chi connectivity index (χ0n) is 13.5. The number of amides is 2. The summed E-state index contributed by atoms with van der Waals surface area (Å²) in [6.07, 6.45) is 0. The van der Waals surface area contributed by atoms with Gasteiger partial charge < -0.3 is 15.5 Å². The second kappa shape index (κ2) is 6.93. The Kier molecular flexibility index (Phi) is 5.78. The predicted molar refractivity (Wildman–Crippen MR) is 86.1 cm³/mol. The largest absolute Gasteiger partial charge is 0.368 e. The summed E-state index contributed by atoms with van der Waals surface area (Å²) in [4.78, 5) is 21.7. The maximum atomic E-state index is 11.4. The molecule has 0 bridgehead atoms. The van der Waals surface area contributed by atoms with E-state index in [1.165, 1.54) is 4.90 Å². The quantitative estimate of drug-likeness (QED) is 0.661. The summed E-state index contributed by atoms with van der Waals surface area (Å²) < 4.78 is 0. The zero-order chi connectivity index (χ0) is 16.2. The third-order valence-electron chi connectivity index (χ3n) is 2.86. The molecular weight excluding hydrogens is 290 g/mol. The average Bonchev–Trinajstić information content (AvgIpc) is 2.37. The Balaban J connectivity index is 2.71. The number of nitrogens with one attached hydrogen (secondary N) is 2. The fraction of sp³-hybridized carbons (Fsp3) is 0.643. The van der Waals surface area contributed by atoms with Gasteiger partial charge in [-0.1, -0.05) is 32.4 Å². The summed E-state index contributed by atoms with van der Waals surface area (Å²) in [5.74, 6) is 1.40. The molecule has 0 radical (unpaired) electrons. The number of urea groups is 1. The van der Waals surface area contributed by atoms with Crippen molar-refractivity contribution in [3.8, 4) is 0 Å². The summed E-state index contributed by atoms with van der Waals surface area (Å²) in [6.45, 7) is 9.05. The lowest BCUT2D eigenvalue weighted by molar-refractivity contribution is 0.218. The number of hydrogen-bond donors (Lipinski definition) is 2. The molecule has 118 valence electrons. The minimum Gasteiger partial charge on any atom is -0.368 e. The SMILES string of the molecule is Cc1c(Cl)nc(C(C)(C)C)nc1NCCNC(=O)N(C)C. The summed E-state index contributed by atoms with van der Waals surface area (Å²) >= 11 is 6.16. The smallest absolute Gasteiger partial charge is 0.316 e. The number of carbonyl (C=O) groups is 1. The molecule has 1 aromatic rings. The molecule has 0 fully saturated rings. The van der Waals surface area contributed by atoms with Gasteiger partial charge in [-0.2, -0.15) is 0 Å². The van der Waals surface area contributed by atoms with Crippen LogP contribution in [0.5, 0.6) is 0 Å². The van der Waals surface area contributed by atoms with E-state index < -0.39 is 0 Å². The van der Waals surface area contributed by atoms with Gasteiger partial charge in [0.15, 0.2) is 0 Å². The van der Waals surface area contributed by atoms with E-state index in [9.17, 15) is 4.79 Å². The van der Waals surface area contributed by atoms with E-state index in [-0.39, 0.29) is 11.4 Å². The summed E-state index contributed by atoms with van der Waals surface area (Å²) in [5.41, 5.74) is 0.635. The van der Waals surface area contributed by atoms with Crippen LogP contribution in [0.25, 0.3) is 0 Å². The molecule has 1 aromatic heterocycles. The lowest BCUT2D eigenvalue weighted by Gasteiger charge is -2.19. The van der Waals surface area contributed by atoms with Crippen LogP contribution in [0.4, 0.5) is 10.6 Å². The minimum absolute atomic E-state index is 0.121. The first-order valence-electron chi connectivity index (χ1n) is 6.86. The standard InChI is InChI=1S/C14H24ClN5O/c1-9-10(15)18-12(14(2,3)4)19-11(9)16-7-8-17-13(21)20(5)6/h7-8H2,1-6H3,(H,17,21)(H,16,18,19). The molecule has 0 saturated carbocycles. The molecule has 0 saturated heterocycles. The molecule has 1 rings (SSSR count). The summed E-state index contributed by atoms with van der Waals surface area (Å²) in [5, 5.41) is 6.42. The van der Waals surface area contributed by atoms with E-state index >= 15 is 0 Å². The summed E-state index contributed by atoms with van der Waals surface area (Å²) in [7, 11) is 3.40. The number of hydrogen-bond acceptors (Lipinski definition) is 4. The second-order valence-corrected chi connectivity index (χ2v) is 6.47. The van der Waals surface area contributed by atoms with Crippen LogP contribution in [-0.2, 0) is 5.41 Å². The van der Waals surface area contributed by atoms with Gasteiger partial charge in [-0.3, -0.25) is 0 Å². The van der Waals surface area contributed by atoms with E-state index in [0.717, 1.165) is 5.56 Å². The molecule has 2 N–H and O–H groups in total. The minimum atomic E-state index is -0.174. The third-order valence-corrected chi connectivity index (χ3v) is 3.23. The Morgan fingerprint density at radius 2 is 1.86 bits per heavy atom.